The maximum absolute atomic E-state index is 12.5. The van der Waals surface area contributed by atoms with Crippen molar-refractivity contribution in [3.05, 3.63) is 42.1 Å². The van der Waals surface area contributed by atoms with Crippen LogP contribution in [0.1, 0.15) is 23.3 Å². The van der Waals surface area contributed by atoms with Crippen LogP contribution in [0.2, 0.25) is 0 Å². The van der Waals surface area contributed by atoms with Gasteiger partial charge in [0.15, 0.2) is 11.5 Å². The SMILES string of the molecule is CS(=O)(=O)NC1CCN(C(=O)c2cc(-c3ccccc3)on2)CC1. The molecular weight excluding hydrogens is 330 g/mol. The number of carbonyl (C=O) groups excluding carboxylic acids is 1. The van der Waals surface area contributed by atoms with E-state index in [-0.39, 0.29) is 17.6 Å². The van der Waals surface area contributed by atoms with Crippen LogP contribution in [-0.4, -0.2) is 49.8 Å². The molecule has 1 amide bonds. The summed E-state index contributed by atoms with van der Waals surface area (Å²) >= 11 is 0. The molecule has 1 aliphatic rings. The Bertz CT molecular complexity index is 809. The topological polar surface area (TPSA) is 92.5 Å². The zero-order valence-corrected chi connectivity index (χ0v) is 14.1. The summed E-state index contributed by atoms with van der Waals surface area (Å²) in [5.41, 5.74) is 1.13. The molecular formula is C16H19N3O4S. The number of piperidine rings is 1. The minimum Gasteiger partial charge on any atom is -0.355 e. The second kappa shape index (κ2) is 6.74. The molecule has 2 heterocycles. The van der Waals surface area contributed by atoms with Crippen molar-refractivity contribution in [1.29, 1.82) is 0 Å². The van der Waals surface area contributed by atoms with E-state index >= 15 is 0 Å². The van der Waals surface area contributed by atoms with Crippen LogP contribution in [0.4, 0.5) is 0 Å². The van der Waals surface area contributed by atoms with Gasteiger partial charge in [-0.1, -0.05) is 35.5 Å². The number of nitrogens with one attached hydrogen (secondary N) is 1. The molecule has 128 valence electrons. The molecule has 0 spiro atoms. The van der Waals surface area contributed by atoms with Gasteiger partial charge in [-0.25, -0.2) is 13.1 Å². The first-order chi connectivity index (χ1) is 11.4. The summed E-state index contributed by atoms with van der Waals surface area (Å²) < 4.78 is 30.4. The van der Waals surface area contributed by atoms with Crippen molar-refractivity contribution in [2.45, 2.75) is 18.9 Å². The third-order valence-electron chi connectivity index (χ3n) is 3.95. The molecule has 2 aromatic rings. The molecule has 1 aromatic carbocycles. The molecule has 1 aliphatic heterocycles. The average Bonchev–Trinajstić information content (AvgIpc) is 3.04. The van der Waals surface area contributed by atoms with Gasteiger partial charge in [0.25, 0.3) is 5.91 Å². The summed E-state index contributed by atoms with van der Waals surface area (Å²) in [5, 5.41) is 3.87. The second-order valence-electron chi connectivity index (χ2n) is 5.90. The lowest BCUT2D eigenvalue weighted by molar-refractivity contribution is 0.0701. The molecule has 0 atom stereocenters. The largest absolute Gasteiger partial charge is 0.355 e. The Hall–Kier alpha value is -2.19. The Morgan fingerprint density at radius 2 is 1.92 bits per heavy atom. The van der Waals surface area contributed by atoms with Crippen LogP contribution < -0.4 is 4.72 Å². The number of benzene rings is 1. The number of rotatable bonds is 4. The lowest BCUT2D eigenvalue weighted by atomic mass is 10.1. The monoisotopic (exact) mass is 349 g/mol. The van der Waals surface area contributed by atoms with Gasteiger partial charge in [-0.15, -0.1) is 0 Å². The van der Waals surface area contributed by atoms with E-state index < -0.39 is 10.0 Å². The Balaban J connectivity index is 1.63. The van der Waals surface area contributed by atoms with E-state index in [0.717, 1.165) is 11.8 Å². The summed E-state index contributed by atoms with van der Waals surface area (Å²) in [6, 6.07) is 11.0. The molecule has 1 fully saturated rings. The predicted molar refractivity (Wildman–Crippen MR) is 88.8 cm³/mol. The molecule has 1 N–H and O–H groups in total. The van der Waals surface area contributed by atoms with Crippen molar-refractivity contribution in [2.24, 2.45) is 0 Å². The first kappa shape index (κ1) is 16.7. The fraction of sp³-hybridized carbons (Fsp3) is 0.375. The van der Waals surface area contributed by atoms with Crippen LogP contribution >= 0.6 is 0 Å². The first-order valence-electron chi connectivity index (χ1n) is 7.71. The molecule has 0 aliphatic carbocycles. The molecule has 1 saturated heterocycles. The fourth-order valence-corrected chi connectivity index (χ4v) is 3.62. The molecule has 0 radical (unpaired) electrons. The summed E-state index contributed by atoms with van der Waals surface area (Å²) in [6.45, 7) is 0.971. The predicted octanol–water partition coefficient (Wildman–Crippen LogP) is 1.50. The van der Waals surface area contributed by atoms with E-state index in [4.69, 9.17) is 4.52 Å². The molecule has 24 heavy (non-hydrogen) atoms. The van der Waals surface area contributed by atoms with Gasteiger partial charge in [-0.3, -0.25) is 4.79 Å². The van der Waals surface area contributed by atoms with E-state index in [1.165, 1.54) is 0 Å². The van der Waals surface area contributed by atoms with Crippen molar-refractivity contribution < 1.29 is 17.7 Å². The van der Waals surface area contributed by atoms with Gasteiger partial charge in [0, 0.05) is 30.8 Å². The minimum atomic E-state index is -3.22. The van der Waals surface area contributed by atoms with Crippen LogP contribution in [0, 0.1) is 0 Å². The zero-order chi connectivity index (χ0) is 17.2. The number of hydrogen-bond acceptors (Lipinski definition) is 5. The molecule has 0 saturated carbocycles. The maximum Gasteiger partial charge on any atom is 0.276 e. The summed E-state index contributed by atoms with van der Waals surface area (Å²) in [4.78, 5) is 14.2. The Morgan fingerprint density at radius 1 is 1.25 bits per heavy atom. The van der Waals surface area contributed by atoms with Gasteiger partial charge in [0.05, 0.1) is 6.26 Å². The van der Waals surface area contributed by atoms with E-state index in [0.29, 0.717) is 31.7 Å². The Morgan fingerprint density at radius 3 is 2.54 bits per heavy atom. The van der Waals surface area contributed by atoms with Crippen molar-refractivity contribution in [1.82, 2.24) is 14.8 Å². The van der Waals surface area contributed by atoms with Crippen molar-refractivity contribution in [2.75, 3.05) is 19.3 Å². The van der Waals surface area contributed by atoms with Gasteiger partial charge in [-0.2, -0.15) is 0 Å². The highest BCUT2D eigenvalue weighted by molar-refractivity contribution is 7.88. The molecule has 7 nitrogen and oxygen atoms in total. The highest BCUT2D eigenvalue weighted by atomic mass is 32.2. The molecule has 0 unspecified atom stereocenters. The molecule has 0 bridgehead atoms. The van der Waals surface area contributed by atoms with Crippen molar-refractivity contribution in [3.8, 4) is 11.3 Å². The number of amides is 1. The van der Waals surface area contributed by atoms with E-state index in [2.05, 4.69) is 9.88 Å². The quantitative estimate of drug-likeness (QED) is 0.903. The third kappa shape index (κ3) is 4.01. The van der Waals surface area contributed by atoms with Crippen molar-refractivity contribution in [3.63, 3.8) is 0 Å². The molecule has 8 heteroatoms. The third-order valence-corrected chi connectivity index (χ3v) is 4.71. The second-order valence-corrected chi connectivity index (χ2v) is 7.68. The smallest absolute Gasteiger partial charge is 0.276 e. The standard InChI is InChI=1S/C16H19N3O4S/c1-24(21,22)18-13-7-9-19(10-8-13)16(20)14-11-15(23-17-14)12-5-3-2-4-6-12/h2-6,11,13,18H,7-10H2,1H3. The number of hydrogen-bond donors (Lipinski definition) is 1. The van der Waals surface area contributed by atoms with Gasteiger partial charge < -0.3 is 9.42 Å². The van der Waals surface area contributed by atoms with Crippen LogP contribution in [0.25, 0.3) is 11.3 Å². The fourth-order valence-electron chi connectivity index (χ4n) is 2.78. The number of nitrogens with zero attached hydrogens (tertiary/aromatic N) is 2. The zero-order valence-electron chi connectivity index (χ0n) is 13.3. The van der Waals surface area contributed by atoms with Crippen LogP contribution in [0.5, 0.6) is 0 Å². The number of sulfonamides is 1. The average molecular weight is 349 g/mol. The van der Waals surface area contributed by atoms with E-state index in [1.54, 1.807) is 11.0 Å². The lowest BCUT2D eigenvalue weighted by Crippen LogP contribution is -2.46. The summed E-state index contributed by atoms with van der Waals surface area (Å²) in [5.74, 6) is 0.353. The number of likely N-dealkylation sites (tertiary alicyclic amines) is 1. The van der Waals surface area contributed by atoms with E-state index in [1.807, 2.05) is 30.3 Å². The maximum atomic E-state index is 12.5. The van der Waals surface area contributed by atoms with Crippen LogP contribution in [0.15, 0.2) is 40.9 Å². The first-order valence-corrected chi connectivity index (χ1v) is 9.60. The van der Waals surface area contributed by atoms with Crippen molar-refractivity contribution >= 4 is 15.9 Å². The minimum absolute atomic E-state index is 0.124. The summed E-state index contributed by atoms with van der Waals surface area (Å²) in [7, 11) is -3.22. The van der Waals surface area contributed by atoms with Gasteiger partial charge in [-0.05, 0) is 12.8 Å². The normalized spacial score (nSPS) is 16.3. The lowest BCUT2D eigenvalue weighted by Gasteiger charge is -2.31. The molecule has 1 aromatic heterocycles. The van der Waals surface area contributed by atoms with Crippen LogP contribution in [0.3, 0.4) is 0 Å². The van der Waals surface area contributed by atoms with Gasteiger partial charge >= 0.3 is 0 Å². The number of carbonyl (C=O) groups is 1. The molecule has 3 rings (SSSR count). The van der Waals surface area contributed by atoms with Gasteiger partial charge in [0.2, 0.25) is 10.0 Å². The number of aromatic nitrogens is 1. The van der Waals surface area contributed by atoms with Crippen LogP contribution in [-0.2, 0) is 10.0 Å². The van der Waals surface area contributed by atoms with E-state index in [9.17, 15) is 13.2 Å². The Kier molecular flexibility index (Phi) is 4.68. The highest BCUT2D eigenvalue weighted by Gasteiger charge is 2.27. The Labute approximate surface area is 140 Å². The van der Waals surface area contributed by atoms with Gasteiger partial charge in [0.1, 0.15) is 0 Å². The summed E-state index contributed by atoms with van der Waals surface area (Å²) in [6.07, 6.45) is 2.31. The highest BCUT2D eigenvalue weighted by Crippen LogP contribution is 2.21.